The van der Waals surface area contributed by atoms with Crippen LogP contribution in [0.1, 0.15) is 22.7 Å². The molecule has 4 heteroatoms. The highest BCUT2D eigenvalue weighted by atomic mass is 79.9. The van der Waals surface area contributed by atoms with E-state index in [0.29, 0.717) is 10.0 Å². The Labute approximate surface area is 138 Å². The molecule has 20 heavy (non-hydrogen) atoms. The first kappa shape index (κ1) is 15.8. The molecule has 1 nitrogen and oxygen atoms in total. The maximum absolute atomic E-state index is 6.27. The Morgan fingerprint density at radius 3 is 2.60 bits per heavy atom. The van der Waals surface area contributed by atoms with Gasteiger partial charge in [-0.05, 0) is 49.2 Å². The Hall–Kier alpha value is -0.540. The van der Waals surface area contributed by atoms with Gasteiger partial charge in [0.1, 0.15) is 0 Å². The highest BCUT2D eigenvalue weighted by Gasteiger charge is 2.15. The van der Waals surface area contributed by atoms with Crippen molar-refractivity contribution in [3.05, 3.63) is 67.6 Å². The van der Waals surface area contributed by atoms with Crippen LogP contribution >= 0.6 is 39.1 Å². The van der Waals surface area contributed by atoms with Crippen molar-refractivity contribution >= 4 is 39.1 Å². The highest BCUT2D eigenvalue weighted by molar-refractivity contribution is 9.10. The molecule has 0 spiro atoms. The smallest absolute Gasteiger partial charge is 0.0453 e. The summed E-state index contributed by atoms with van der Waals surface area (Å²) in [6, 6.07) is 12.1. The predicted molar refractivity (Wildman–Crippen MR) is 90.8 cm³/mol. The van der Waals surface area contributed by atoms with Crippen LogP contribution in [-0.2, 0) is 6.42 Å². The lowest BCUT2D eigenvalue weighted by molar-refractivity contribution is 0.589. The lowest BCUT2D eigenvalue weighted by atomic mass is 9.97. The van der Waals surface area contributed by atoms with Crippen molar-refractivity contribution < 1.29 is 0 Å². The van der Waals surface area contributed by atoms with Crippen LogP contribution in [0.2, 0.25) is 10.0 Å². The fourth-order valence-electron chi connectivity index (χ4n) is 2.21. The Balaban J connectivity index is 2.31. The molecule has 0 bridgehead atoms. The van der Waals surface area contributed by atoms with E-state index in [4.69, 9.17) is 23.2 Å². The molecule has 2 aromatic carbocycles. The molecule has 2 rings (SSSR count). The van der Waals surface area contributed by atoms with E-state index < -0.39 is 0 Å². The zero-order valence-corrected chi connectivity index (χ0v) is 14.5. The average molecular weight is 373 g/mol. The third kappa shape index (κ3) is 3.56. The maximum Gasteiger partial charge on any atom is 0.0453 e. The van der Waals surface area contributed by atoms with Gasteiger partial charge in [-0.1, -0.05) is 63.4 Å². The van der Waals surface area contributed by atoms with Gasteiger partial charge in [0, 0.05) is 20.6 Å². The van der Waals surface area contributed by atoms with Crippen LogP contribution in [0.4, 0.5) is 0 Å². The molecule has 0 radical (unpaired) electrons. The number of aryl methyl sites for hydroxylation is 1. The first-order valence-corrected chi connectivity index (χ1v) is 7.94. The summed E-state index contributed by atoms with van der Waals surface area (Å²) in [5, 5.41) is 4.73. The van der Waals surface area contributed by atoms with Crippen LogP contribution in [0.15, 0.2) is 40.9 Å². The van der Waals surface area contributed by atoms with Crippen molar-refractivity contribution in [2.75, 3.05) is 7.05 Å². The van der Waals surface area contributed by atoms with Gasteiger partial charge in [-0.15, -0.1) is 0 Å². The van der Waals surface area contributed by atoms with E-state index in [1.165, 1.54) is 11.1 Å². The van der Waals surface area contributed by atoms with Crippen LogP contribution in [0.5, 0.6) is 0 Å². The minimum atomic E-state index is 0.197. The van der Waals surface area contributed by atoms with E-state index in [1.807, 2.05) is 19.2 Å². The van der Waals surface area contributed by atoms with Crippen molar-refractivity contribution in [1.82, 2.24) is 5.32 Å². The van der Waals surface area contributed by atoms with Gasteiger partial charge in [-0.25, -0.2) is 0 Å². The summed E-state index contributed by atoms with van der Waals surface area (Å²) in [5.74, 6) is 0. The molecule has 0 aliphatic carbocycles. The summed E-state index contributed by atoms with van der Waals surface area (Å²) < 4.78 is 1.14. The number of hydrogen-bond acceptors (Lipinski definition) is 1. The normalized spacial score (nSPS) is 12.4. The van der Waals surface area contributed by atoms with Gasteiger partial charge in [0.25, 0.3) is 0 Å². The molecular weight excluding hydrogens is 357 g/mol. The fourth-order valence-corrected chi connectivity index (χ4v) is 3.24. The van der Waals surface area contributed by atoms with Crippen LogP contribution in [0, 0.1) is 6.92 Å². The SMILES string of the molecule is CNC(Cc1ccc(Cl)cc1Cl)c1cccc(C)c1Br. The summed E-state index contributed by atoms with van der Waals surface area (Å²) in [6.45, 7) is 2.09. The Bertz CT molecular complexity index is 613. The largest absolute Gasteiger partial charge is 0.313 e. The quantitative estimate of drug-likeness (QED) is 0.739. The van der Waals surface area contributed by atoms with Crippen LogP contribution in [0.25, 0.3) is 0 Å². The third-order valence-electron chi connectivity index (χ3n) is 3.38. The van der Waals surface area contributed by atoms with Gasteiger partial charge < -0.3 is 5.32 Å². The molecule has 0 fully saturated rings. The van der Waals surface area contributed by atoms with Crippen molar-refractivity contribution in [1.29, 1.82) is 0 Å². The van der Waals surface area contributed by atoms with Gasteiger partial charge in [0.15, 0.2) is 0 Å². The Morgan fingerprint density at radius 1 is 1.20 bits per heavy atom. The second-order valence-corrected chi connectivity index (χ2v) is 6.40. The lowest BCUT2D eigenvalue weighted by Crippen LogP contribution is -2.19. The van der Waals surface area contributed by atoms with Gasteiger partial charge in [-0.2, -0.15) is 0 Å². The number of benzene rings is 2. The average Bonchev–Trinajstić information content (AvgIpc) is 2.42. The number of hydrogen-bond donors (Lipinski definition) is 1. The van der Waals surface area contributed by atoms with Crippen molar-refractivity contribution in [2.24, 2.45) is 0 Å². The van der Waals surface area contributed by atoms with Crippen molar-refractivity contribution in [3.8, 4) is 0 Å². The summed E-state index contributed by atoms with van der Waals surface area (Å²) in [7, 11) is 1.96. The van der Waals surface area contributed by atoms with Gasteiger partial charge in [0.2, 0.25) is 0 Å². The molecule has 106 valence electrons. The molecule has 0 amide bonds. The van der Waals surface area contributed by atoms with Crippen LogP contribution in [-0.4, -0.2) is 7.05 Å². The number of rotatable bonds is 4. The van der Waals surface area contributed by atoms with E-state index >= 15 is 0 Å². The van der Waals surface area contributed by atoms with E-state index in [2.05, 4.69) is 46.4 Å². The molecule has 0 aromatic heterocycles. The standard InChI is InChI=1S/C16H16BrCl2N/c1-10-4-3-5-13(16(10)17)15(20-2)8-11-6-7-12(18)9-14(11)19/h3-7,9,15,20H,8H2,1-2H3. The molecule has 0 aliphatic heterocycles. The van der Waals surface area contributed by atoms with Crippen LogP contribution < -0.4 is 5.32 Å². The summed E-state index contributed by atoms with van der Waals surface area (Å²) >= 11 is 15.9. The summed E-state index contributed by atoms with van der Waals surface area (Å²) in [5.41, 5.74) is 3.55. The summed E-state index contributed by atoms with van der Waals surface area (Å²) in [6.07, 6.45) is 0.814. The molecule has 1 N–H and O–H groups in total. The molecule has 1 unspecified atom stereocenters. The second-order valence-electron chi connectivity index (χ2n) is 4.76. The zero-order valence-electron chi connectivity index (χ0n) is 11.4. The van der Waals surface area contributed by atoms with E-state index in [1.54, 1.807) is 6.07 Å². The molecule has 0 aliphatic rings. The number of likely N-dealkylation sites (N-methyl/N-ethyl adjacent to an activating group) is 1. The minimum Gasteiger partial charge on any atom is -0.313 e. The first-order valence-electron chi connectivity index (χ1n) is 6.39. The van der Waals surface area contributed by atoms with E-state index in [9.17, 15) is 0 Å². The monoisotopic (exact) mass is 371 g/mol. The molecule has 0 saturated carbocycles. The zero-order chi connectivity index (χ0) is 14.7. The van der Waals surface area contributed by atoms with Gasteiger partial charge in [-0.3, -0.25) is 0 Å². The lowest BCUT2D eigenvalue weighted by Gasteiger charge is -2.20. The van der Waals surface area contributed by atoms with Gasteiger partial charge in [0.05, 0.1) is 0 Å². The van der Waals surface area contributed by atoms with Crippen molar-refractivity contribution in [3.63, 3.8) is 0 Å². The predicted octanol–water partition coefficient (Wildman–Crippen LogP) is 5.57. The molecule has 0 saturated heterocycles. The Morgan fingerprint density at radius 2 is 1.95 bits per heavy atom. The molecular formula is C16H16BrCl2N. The second kappa shape index (κ2) is 6.95. The minimum absolute atomic E-state index is 0.197. The molecule has 1 atom stereocenters. The maximum atomic E-state index is 6.27. The number of halogens is 3. The fraction of sp³-hybridized carbons (Fsp3) is 0.250. The van der Waals surface area contributed by atoms with Crippen molar-refractivity contribution in [2.45, 2.75) is 19.4 Å². The topological polar surface area (TPSA) is 12.0 Å². The van der Waals surface area contributed by atoms with Gasteiger partial charge >= 0.3 is 0 Å². The van der Waals surface area contributed by atoms with Crippen LogP contribution in [0.3, 0.4) is 0 Å². The van der Waals surface area contributed by atoms with E-state index in [-0.39, 0.29) is 6.04 Å². The third-order valence-corrected chi connectivity index (χ3v) is 5.05. The first-order chi connectivity index (χ1) is 9.52. The highest BCUT2D eigenvalue weighted by Crippen LogP contribution is 2.31. The molecule has 2 aromatic rings. The number of nitrogens with one attached hydrogen (secondary N) is 1. The van der Waals surface area contributed by atoms with E-state index in [0.717, 1.165) is 16.5 Å². The molecule has 0 heterocycles. The summed E-state index contributed by atoms with van der Waals surface area (Å²) in [4.78, 5) is 0. The Kier molecular flexibility index (Phi) is 5.50.